The summed E-state index contributed by atoms with van der Waals surface area (Å²) in [5.74, 6) is -1.46. The molecule has 28 heavy (non-hydrogen) atoms. The fourth-order valence-corrected chi connectivity index (χ4v) is 4.37. The van der Waals surface area contributed by atoms with Gasteiger partial charge in [-0.05, 0) is 45.0 Å². The van der Waals surface area contributed by atoms with Crippen LogP contribution in [0.5, 0.6) is 0 Å². The van der Waals surface area contributed by atoms with Crippen molar-refractivity contribution >= 4 is 33.9 Å². The van der Waals surface area contributed by atoms with Gasteiger partial charge >= 0.3 is 5.97 Å². The second kappa shape index (κ2) is 8.15. The molecular formula is C19H22N4O4S. The van der Waals surface area contributed by atoms with Crippen LogP contribution in [0.4, 0.5) is 10.7 Å². The second-order valence-electron chi connectivity index (χ2n) is 6.90. The smallest absolute Gasteiger partial charge is 0.315 e. The van der Waals surface area contributed by atoms with Crippen molar-refractivity contribution in [1.82, 2.24) is 9.27 Å². The molecule has 0 aliphatic carbocycles. The number of hydrogen-bond acceptors (Lipinski definition) is 8. The summed E-state index contributed by atoms with van der Waals surface area (Å²) in [5, 5.41) is 12.0. The lowest BCUT2D eigenvalue weighted by atomic mass is 9.76. The number of benzene rings is 1. The van der Waals surface area contributed by atoms with Crippen molar-refractivity contribution in [2.75, 3.05) is 20.7 Å². The van der Waals surface area contributed by atoms with Crippen molar-refractivity contribution < 1.29 is 14.5 Å². The van der Waals surface area contributed by atoms with E-state index in [0.717, 1.165) is 16.3 Å². The van der Waals surface area contributed by atoms with Gasteiger partial charge in [0.05, 0.1) is 17.2 Å². The first kappa shape index (κ1) is 20.1. The minimum absolute atomic E-state index is 0.0147. The molecular weight excluding hydrogens is 380 g/mol. The monoisotopic (exact) mass is 402 g/mol. The van der Waals surface area contributed by atoms with Crippen molar-refractivity contribution in [3.05, 3.63) is 51.2 Å². The predicted octanol–water partition coefficient (Wildman–Crippen LogP) is 3.53. The molecule has 2 heterocycles. The van der Waals surface area contributed by atoms with Gasteiger partial charge in [0, 0.05) is 35.9 Å². The Kier molecular flexibility index (Phi) is 5.85. The average Bonchev–Trinajstić information content (AvgIpc) is 3.02. The number of fused-ring (bicyclic) bond motifs is 1. The van der Waals surface area contributed by atoms with Crippen LogP contribution in [-0.4, -0.2) is 46.6 Å². The number of hydrogen-bond donors (Lipinski definition) is 0. The molecule has 0 saturated carbocycles. The summed E-state index contributed by atoms with van der Waals surface area (Å²) < 4.78 is 9.87. The lowest BCUT2D eigenvalue weighted by Gasteiger charge is -2.30. The van der Waals surface area contributed by atoms with E-state index in [1.165, 1.54) is 23.7 Å². The number of esters is 1. The molecule has 2 unspecified atom stereocenters. The molecule has 1 aromatic carbocycles. The highest BCUT2D eigenvalue weighted by Gasteiger charge is 2.41. The summed E-state index contributed by atoms with van der Waals surface area (Å²) in [7, 11) is 3.88. The maximum atomic E-state index is 12.8. The van der Waals surface area contributed by atoms with E-state index in [1.807, 2.05) is 25.1 Å². The third-order valence-corrected chi connectivity index (χ3v) is 5.40. The van der Waals surface area contributed by atoms with Crippen LogP contribution in [0.1, 0.15) is 36.6 Å². The molecule has 9 heteroatoms. The number of aromatic nitrogens is 1. The van der Waals surface area contributed by atoms with Gasteiger partial charge in [0.25, 0.3) is 5.69 Å². The second-order valence-corrected chi connectivity index (χ2v) is 7.65. The number of non-ortho nitro benzene ring substituents is 1. The minimum Gasteiger partial charge on any atom is -0.465 e. The summed E-state index contributed by atoms with van der Waals surface area (Å²) in [6.07, 6.45) is 0. The lowest BCUT2D eigenvalue weighted by Crippen LogP contribution is -2.33. The zero-order chi connectivity index (χ0) is 20.4. The van der Waals surface area contributed by atoms with E-state index in [9.17, 15) is 14.9 Å². The summed E-state index contributed by atoms with van der Waals surface area (Å²) in [6, 6.07) is 6.42. The highest BCUT2D eigenvalue weighted by Crippen LogP contribution is 2.47. The molecule has 148 valence electrons. The molecule has 1 aliphatic rings. The summed E-state index contributed by atoms with van der Waals surface area (Å²) in [5.41, 5.74) is 2.97. The van der Waals surface area contributed by atoms with Gasteiger partial charge < -0.3 is 9.64 Å². The van der Waals surface area contributed by atoms with Crippen molar-refractivity contribution in [1.29, 1.82) is 0 Å². The van der Waals surface area contributed by atoms with E-state index in [0.29, 0.717) is 17.8 Å². The molecule has 0 fully saturated rings. The third kappa shape index (κ3) is 3.81. The van der Waals surface area contributed by atoms with Gasteiger partial charge in [0.15, 0.2) is 0 Å². The number of ether oxygens (including phenoxy) is 1. The fourth-order valence-electron chi connectivity index (χ4n) is 3.49. The van der Waals surface area contributed by atoms with Gasteiger partial charge in [-0.3, -0.25) is 14.9 Å². The number of carbonyl (C=O) groups excluding carboxylic acids is 1. The van der Waals surface area contributed by atoms with Gasteiger partial charge in [0.1, 0.15) is 10.9 Å². The van der Waals surface area contributed by atoms with Crippen molar-refractivity contribution in [3.8, 4) is 0 Å². The first-order valence-corrected chi connectivity index (χ1v) is 9.70. The van der Waals surface area contributed by atoms with Gasteiger partial charge in [-0.1, -0.05) is 12.1 Å². The normalized spacial score (nSPS) is 18.5. The Labute approximate surface area is 167 Å². The first-order chi connectivity index (χ1) is 13.3. The standard InChI is InChI=1S/C19H22N4O4S/c1-5-27-19(24)15-11(2)20-18-17(14(21-28-18)10-22(3)4)16(15)12-7-6-8-13(9-12)23(25)26/h6-9,15-16H,5,10H2,1-4H3. The third-order valence-electron chi connectivity index (χ3n) is 4.60. The van der Waals surface area contributed by atoms with Crippen LogP contribution in [0.2, 0.25) is 0 Å². The van der Waals surface area contributed by atoms with Crippen molar-refractivity contribution in [2.45, 2.75) is 26.3 Å². The fraction of sp³-hybridized carbons (Fsp3) is 0.421. The zero-order valence-electron chi connectivity index (χ0n) is 16.2. The van der Waals surface area contributed by atoms with Crippen LogP contribution >= 0.6 is 11.5 Å². The molecule has 2 atom stereocenters. The van der Waals surface area contributed by atoms with Crippen molar-refractivity contribution in [2.24, 2.45) is 10.9 Å². The Morgan fingerprint density at radius 2 is 2.14 bits per heavy atom. The van der Waals surface area contributed by atoms with Gasteiger partial charge in [0.2, 0.25) is 0 Å². The molecule has 0 spiro atoms. The predicted molar refractivity (Wildman–Crippen MR) is 107 cm³/mol. The Balaban J connectivity index is 2.20. The number of nitro groups is 1. The SMILES string of the molecule is CCOC(=O)C1C(C)=Nc2snc(CN(C)C)c2C1c1cccc([N+](=O)[O-])c1. The molecule has 1 aromatic heterocycles. The van der Waals surface area contributed by atoms with Crippen molar-refractivity contribution in [3.63, 3.8) is 0 Å². The molecule has 3 rings (SSSR count). The van der Waals surface area contributed by atoms with Gasteiger partial charge in [-0.2, -0.15) is 4.37 Å². The van der Waals surface area contributed by atoms with Crippen LogP contribution in [0, 0.1) is 16.0 Å². The maximum absolute atomic E-state index is 12.8. The highest BCUT2D eigenvalue weighted by atomic mass is 32.1. The highest BCUT2D eigenvalue weighted by molar-refractivity contribution is 7.10. The quantitative estimate of drug-likeness (QED) is 0.416. The summed E-state index contributed by atoms with van der Waals surface area (Å²) >= 11 is 1.28. The summed E-state index contributed by atoms with van der Waals surface area (Å²) in [4.78, 5) is 30.3. The molecule has 0 radical (unpaired) electrons. The first-order valence-electron chi connectivity index (χ1n) is 8.92. The van der Waals surface area contributed by atoms with Crippen LogP contribution in [0.25, 0.3) is 0 Å². The Hall–Kier alpha value is -2.65. The average molecular weight is 402 g/mol. The Bertz CT molecular complexity index is 938. The molecule has 0 saturated heterocycles. The molecule has 8 nitrogen and oxygen atoms in total. The zero-order valence-corrected chi connectivity index (χ0v) is 17.0. The Morgan fingerprint density at radius 1 is 1.39 bits per heavy atom. The van der Waals surface area contributed by atoms with E-state index < -0.39 is 16.8 Å². The van der Waals surface area contributed by atoms with Gasteiger partial charge in [-0.15, -0.1) is 0 Å². The number of nitro benzene ring substituents is 1. The van der Waals surface area contributed by atoms with Crippen LogP contribution in [0.3, 0.4) is 0 Å². The van der Waals surface area contributed by atoms with E-state index in [-0.39, 0.29) is 18.3 Å². The van der Waals surface area contributed by atoms with E-state index >= 15 is 0 Å². The van der Waals surface area contributed by atoms with Crippen LogP contribution < -0.4 is 0 Å². The Morgan fingerprint density at radius 3 is 2.79 bits per heavy atom. The maximum Gasteiger partial charge on any atom is 0.315 e. The van der Waals surface area contributed by atoms with E-state index in [1.54, 1.807) is 19.9 Å². The molecule has 0 N–H and O–H groups in total. The lowest BCUT2D eigenvalue weighted by molar-refractivity contribution is -0.384. The summed E-state index contributed by atoms with van der Waals surface area (Å²) in [6.45, 7) is 4.38. The molecule has 2 aromatic rings. The number of aliphatic imine (C=N–C) groups is 1. The number of rotatable bonds is 6. The minimum atomic E-state index is -0.647. The number of carbonyl (C=O) groups is 1. The molecule has 0 amide bonds. The number of nitrogens with zero attached hydrogens (tertiary/aromatic N) is 4. The van der Waals surface area contributed by atoms with Gasteiger partial charge in [-0.25, -0.2) is 4.99 Å². The largest absolute Gasteiger partial charge is 0.465 e. The topological polar surface area (TPSA) is 97.9 Å². The van der Waals surface area contributed by atoms with Crippen LogP contribution in [-0.2, 0) is 16.1 Å². The molecule has 1 aliphatic heterocycles. The van der Waals surface area contributed by atoms with E-state index in [2.05, 4.69) is 9.37 Å². The van der Waals surface area contributed by atoms with Crippen LogP contribution in [0.15, 0.2) is 29.3 Å². The van der Waals surface area contributed by atoms with E-state index in [4.69, 9.17) is 4.74 Å². The molecule has 0 bridgehead atoms.